The van der Waals surface area contributed by atoms with Crippen molar-refractivity contribution in [2.45, 2.75) is 31.7 Å². The maximum atomic E-state index is 13.0. The van der Waals surface area contributed by atoms with Gasteiger partial charge in [-0.3, -0.25) is 0 Å². The van der Waals surface area contributed by atoms with Crippen LogP contribution in [0.3, 0.4) is 0 Å². The van der Waals surface area contributed by atoms with E-state index in [4.69, 9.17) is 0 Å². The van der Waals surface area contributed by atoms with Crippen LogP contribution >= 0.6 is 22.6 Å². The first kappa shape index (κ1) is 10.8. The highest BCUT2D eigenvalue weighted by Gasteiger charge is 2.41. The Morgan fingerprint density at radius 1 is 1.19 bits per heavy atom. The first-order valence-corrected chi connectivity index (χ1v) is 7.03. The van der Waals surface area contributed by atoms with Gasteiger partial charge in [-0.05, 0) is 78.3 Å². The molecule has 0 heterocycles. The van der Waals surface area contributed by atoms with Crippen molar-refractivity contribution in [2.75, 3.05) is 5.32 Å². The number of rotatable bonds is 4. The van der Waals surface area contributed by atoms with Crippen LogP contribution in [0.15, 0.2) is 18.2 Å². The molecule has 0 spiro atoms. The second kappa shape index (κ2) is 4.17. The van der Waals surface area contributed by atoms with Gasteiger partial charge >= 0.3 is 0 Å². The third-order valence-corrected chi connectivity index (χ3v) is 4.41. The minimum absolute atomic E-state index is 0.149. The third kappa shape index (κ3) is 2.34. The lowest BCUT2D eigenvalue weighted by Gasteiger charge is -2.20. The predicted molar refractivity (Wildman–Crippen MR) is 72.0 cm³/mol. The van der Waals surface area contributed by atoms with Gasteiger partial charge in [0.2, 0.25) is 0 Å². The van der Waals surface area contributed by atoms with Gasteiger partial charge in [-0.15, -0.1) is 0 Å². The maximum Gasteiger partial charge on any atom is 0.124 e. The van der Waals surface area contributed by atoms with Gasteiger partial charge in [0.15, 0.2) is 0 Å². The van der Waals surface area contributed by atoms with Crippen LogP contribution < -0.4 is 5.32 Å². The van der Waals surface area contributed by atoms with Crippen LogP contribution in [0.2, 0.25) is 0 Å². The Labute approximate surface area is 109 Å². The van der Waals surface area contributed by atoms with E-state index in [0.717, 1.165) is 21.1 Å². The van der Waals surface area contributed by atoms with Gasteiger partial charge in [-0.2, -0.15) is 0 Å². The van der Waals surface area contributed by atoms with Crippen molar-refractivity contribution in [2.24, 2.45) is 11.8 Å². The molecular weight excluding hydrogens is 316 g/mol. The van der Waals surface area contributed by atoms with Crippen LogP contribution in [0.4, 0.5) is 10.1 Å². The monoisotopic (exact) mass is 331 g/mol. The number of halogens is 2. The van der Waals surface area contributed by atoms with E-state index in [1.165, 1.54) is 25.7 Å². The zero-order chi connectivity index (χ0) is 11.1. The first-order chi connectivity index (χ1) is 7.74. The SMILES string of the molecule is Fc1ccc(NC(C2CC2)C2CC2)c(I)c1. The summed E-state index contributed by atoms with van der Waals surface area (Å²) in [6, 6.07) is 5.65. The summed E-state index contributed by atoms with van der Waals surface area (Å²) in [5, 5.41) is 3.62. The average Bonchev–Trinajstić information content (AvgIpc) is 3.11. The quantitative estimate of drug-likeness (QED) is 0.822. The minimum Gasteiger partial charge on any atom is -0.381 e. The molecule has 0 atom stereocenters. The van der Waals surface area contributed by atoms with Gasteiger partial charge in [0.25, 0.3) is 0 Å². The van der Waals surface area contributed by atoms with Crippen LogP contribution in [-0.4, -0.2) is 6.04 Å². The first-order valence-electron chi connectivity index (χ1n) is 5.95. The Hall–Kier alpha value is -0.320. The summed E-state index contributed by atoms with van der Waals surface area (Å²) in [7, 11) is 0. The van der Waals surface area contributed by atoms with E-state index < -0.39 is 0 Å². The van der Waals surface area contributed by atoms with Crippen molar-refractivity contribution in [1.29, 1.82) is 0 Å². The lowest BCUT2D eigenvalue weighted by molar-refractivity contribution is 0.567. The van der Waals surface area contributed by atoms with Crippen molar-refractivity contribution in [1.82, 2.24) is 0 Å². The number of hydrogen-bond donors (Lipinski definition) is 1. The van der Waals surface area contributed by atoms with Crippen molar-refractivity contribution in [3.63, 3.8) is 0 Å². The summed E-state index contributed by atoms with van der Waals surface area (Å²) in [4.78, 5) is 0. The standard InChI is InChI=1S/C13H15FIN/c14-10-5-6-12(11(15)7-10)16-13(8-1-2-8)9-3-4-9/h5-9,13,16H,1-4H2. The molecule has 2 aliphatic carbocycles. The van der Waals surface area contributed by atoms with Gasteiger partial charge in [0.1, 0.15) is 5.82 Å². The van der Waals surface area contributed by atoms with E-state index in [9.17, 15) is 4.39 Å². The average molecular weight is 331 g/mol. The van der Waals surface area contributed by atoms with Gasteiger partial charge in [-0.25, -0.2) is 4.39 Å². The molecule has 2 aliphatic rings. The molecule has 1 nitrogen and oxygen atoms in total. The van der Waals surface area contributed by atoms with E-state index in [0.29, 0.717) is 6.04 Å². The summed E-state index contributed by atoms with van der Waals surface area (Å²) in [5.41, 5.74) is 1.10. The fourth-order valence-electron chi connectivity index (χ4n) is 2.32. The van der Waals surface area contributed by atoms with Crippen molar-refractivity contribution >= 4 is 28.3 Å². The molecule has 0 unspecified atom stereocenters. The molecule has 0 radical (unpaired) electrons. The molecule has 1 aromatic rings. The molecule has 0 aromatic heterocycles. The Bertz CT molecular complexity index is 387. The summed E-state index contributed by atoms with van der Waals surface area (Å²) in [6.07, 6.45) is 5.47. The highest BCUT2D eigenvalue weighted by atomic mass is 127. The van der Waals surface area contributed by atoms with Crippen LogP contribution in [0.25, 0.3) is 0 Å². The molecule has 2 fully saturated rings. The zero-order valence-corrected chi connectivity index (χ0v) is 11.2. The summed E-state index contributed by atoms with van der Waals surface area (Å²) in [5.74, 6) is 1.59. The molecule has 1 N–H and O–H groups in total. The fourth-order valence-corrected chi connectivity index (χ4v) is 2.95. The minimum atomic E-state index is -0.149. The summed E-state index contributed by atoms with van der Waals surface area (Å²) in [6.45, 7) is 0. The van der Waals surface area contributed by atoms with E-state index >= 15 is 0 Å². The molecule has 3 rings (SSSR count). The van der Waals surface area contributed by atoms with Gasteiger partial charge in [0.05, 0.1) is 0 Å². The van der Waals surface area contributed by atoms with Crippen LogP contribution in [0.1, 0.15) is 25.7 Å². The highest BCUT2D eigenvalue weighted by Crippen LogP contribution is 2.46. The van der Waals surface area contributed by atoms with Gasteiger partial charge < -0.3 is 5.32 Å². The smallest absolute Gasteiger partial charge is 0.124 e. The predicted octanol–water partition coefficient (Wildman–Crippen LogP) is 4.03. The van der Waals surface area contributed by atoms with Crippen molar-refractivity contribution in [3.8, 4) is 0 Å². The van der Waals surface area contributed by atoms with E-state index in [1.807, 2.05) is 6.07 Å². The number of nitrogens with one attached hydrogen (secondary N) is 1. The topological polar surface area (TPSA) is 12.0 Å². The zero-order valence-electron chi connectivity index (χ0n) is 9.05. The molecule has 2 saturated carbocycles. The van der Waals surface area contributed by atoms with E-state index in [2.05, 4.69) is 27.9 Å². The molecule has 86 valence electrons. The lowest BCUT2D eigenvalue weighted by Crippen LogP contribution is -2.24. The summed E-state index contributed by atoms with van der Waals surface area (Å²) < 4.78 is 14.0. The molecule has 0 aliphatic heterocycles. The van der Waals surface area contributed by atoms with Gasteiger partial charge in [-0.1, -0.05) is 0 Å². The Morgan fingerprint density at radius 2 is 1.81 bits per heavy atom. The fraction of sp³-hybridized carbons (Fsp3) is 0.538. The Morgan fingerprint density at radius 3 is 2.31 bits per heavy atom. The number of anilines is 1. The maximum absolute atomic E-state index is 13.0. The van der Waals surface area contributed by atoms with E-state index in [1.54, 1.807) is 12.1 Å². The largest absolute Gasteiger partial charge is 0.381 e. The Kier molecular flexibility index (Phi) is 2.81. The molecule has 1 aromatic carbocycles. The van der Waals surface area contributed by atoms with Crippen LogP contribution in [-0.2, 0) is 0 Å². The second-order valence-electron chi connectivity index (χ2n) is 4.97. The second-order valence-corrected chi connectivity index (χ2v) is 6.13. The van der Waals surface area contributed by atoms with E-state index in [-0.39, 0.29) is 5.82 Å². The molecule has 3 heteroatoms. The number of hydrogen-bond acceptors (Lipinski definition) is 1. The lowest BCUT2D eigenvalue weighted by atomic mass is 10.1. The normalized spacial score (nSPS) is 20.2. The third-order valence-electron chi connectivity index (χ3n) is 3.51. The Balaban J connectivity index is 1.76. The molecule has 0 amide bonds. The van der Waals surface area contributed by atoms with Crippen molar-refractivity contribution in [3.05, 3.63) is 27.6 Å². The molecule has 0 saturated heterocycles. The molecule has 0 bridgehead atoms. The number of benzene rings is 1. The van der Waals surface area contributed by atoms with Crippen LogP contribution in [0.5, 0.6) is 0 Å². The highest BCUT2D eigenvalue weighted by molar-refractivity contribution is 14.1. The summed E-state index contributed by atoms with van der Waals surface area (Å²) >= 11 is 2.20. The molecule has 16 heavy (non-hydrogen) atoms. The molecular formula is C13H15FIN. The van der Waals surface area contributed by atoms with Crippen molar-refractivity contribution < 1.29 is 4.39 Å². The van der Waals surface area contributed by atoms with Gasteiger partial charge in [0, 0.05) is 15.3 Å². The van der Waals surface area contributed by atoms with Crippen LogP contribution in [0, 0.1) is 21.2 Å².